The smallest absolute Gasteiger partial charge is 0.378 e. The van der Waals surface area contributed by atoms with Crippen LogP contribution in [0.25, 0.3) is 0 Å². The Bertz CT molecular complexity index is 725. The van der Waals surface area contributed by atoms with E-state index in [0.717, 1.165) is 0 Å². The predicted molar refractivity (Wildman–Crippen MR) is 99.4 cm³/mol. The highest BCUT2D eigenvalue weighted by Gasteiger charge is 2.60. The first-order valence-corrected chi connectivity index (χ1v) is 8.74. The van der Waals surface area contributed by atoms with Crippen LogP contribution in [0.2, 0.25) is 0 Å². The molecule has 0 aromatic rings. The standard InChI is InChI=1S/C17H16Cl3F3N2O/c1-2-11(18)8-12(19)5-6-16(17(21,22)23)9-15(25-26-16)10-3-4-13(20)14(24)7-10/h2-5,7-8,13-14H,1,6,9,24H2/b11-8+,12-5+. The minimum atomic E-state index is -4.66. The van der Waals surface area contributed by atoms with Crippen molar-refractivity contribution in [1.29, 1.82) is 0 Å². The number of hydrogen-bond donors (Lipinski definition) is 1. The van der Waals surface area contributed by atoms with Crippen LogP contribution in [0.15, 0.2) is 63.8 Å². The molecule has 0 aromatic carbocycles. The van der Waals surface area contributed by atoms with E-state index in [1.54, 1.807) is 18.2 Å². The van der Waals surface area contributed by atoms with Crippen LogP contribution in [-0.4, -0.2) is 28.9 Å². The Morgan fingerprint density at radius 1 is 1.42 bits per heavy atom. The molecular formula is C17H16Cl3F3N2O. The van der Waals surface area contributed by atoms with Gasteiger partial charge in [-0.3, -0.25) is 0 Å². The summed E-state index contributed by atoms with van der Waals surface area (Å²) in [5.41, 5.74) is 3.93. The predicted octanol–water partition coefficient (Wildman–Crippen LogP) is 5.32. The van der Waals surface area contributed by atoms with Crippen molar-refractivity contribution in [2.45, 2.75) is 36.0 Å². The second-order valence-corrected chi connectivity index (χ2v) is 7.20. The van der Waals surface area contributed by atoms with Gasteiger partial charge in [-0.25, -0.2) is 0 Å². The zero-order chi connectivity index (χ0) is 19.5. The number of oxime groups is 1. The van der Waals surface area contributed by atoms with E-state index in [1.807, 2.05) is 0 Å². The van der Waals surface area contributed by atoms with Gasteiger partial charge in [0.15, 0.2) is 0 Å². The van der Waals surface area contributed by atoms with Crippen molar-refractivity contribution in [1.82, 2.24) is 0 Å². The summed E-state index contributed by atoms with van der Waals surface area (Å²) < 4.78 is 41.0. The van der Waals surface area contributed by atoms with Crippen LogP contribution in [0.4, 0.5) is 13.2 Å². The average molecular weight is 428 g/mol. The Labute approximate surface area is 164 Å². The summed E-state index contributed by atoms with van der Waals surface area (Å²) in [6.45, 7) is 3.44. The van der Waals surface area contributed by atoms with Crippen LogP contribution in [0.3, 0.4) is 0 Å². The van der Waals surface area contributed by atoms with E-state index < -0.39 is 36.0 Å². The molecule has 142 valence electrons. The molecule has 1 aliphatic carbocycles. The molecule has 2 N–H and O–H groups in total. The maximum Gasteiger partial charge on any atom is 0.431 e. The fourth-order valence-corrected chi connectivity index (χ4v) is 2.91. The molecule has 0 spiro atoms. The third-order valence-electron chi connectivity index (χ3n) is 3.93. The fourth-order valence-electron chi connectivity index (χ4n) is 2.39. The van der Waals surface area contributed by atoms with E-state index in [1.165, 1.54) is 18.2 Å². The fraction of sp³-hybridized carbons (Fsp3) is 0.353. The second-order valence-electron chi connectivity index (χ2n) is 5.83. The molecule has 1 heterocycles. The number of rotatable bonds is 5. The molecule has 0 amide bonds. The van der Waals surface area contributed by atoms with E-state index in [4.69, 9.17) is 45.4 Å². The van der Waals surface area contributed by atoms with Gasteiger partial charge in [0.1, 0.15) is 0 Å². The zero-order valence-corrected chi connectivity index (χ0v) is 15.7. The molecule has 9 heteroatoms. The van der Waals surface area contributed by atoms with Gasteiger partial charge in [0.05, 0.1) is 11.1 Å². The third kappa shape index (κ3) is 4.74. The molecule has 0 bridgehead atoms. The molecule has 2 aliphatic rings. The molecule has 1 aliphatic heterocycles. The molecule has 3 nitrogen and oxygen atoms in total. The van der Waals surface area contributed by atoms with Crippen LogP contribution in [-0.2, 0) is 4.84 Å². The van der Waals surface area contributed by atoms with E-state index in [-0.39, 0.29) is 15.8 Å². The van der Waals surface area contributed by atoms with Crippen molar-refractivity contribution >= 4 is 40.5 Å². The lowest BCUT2D eigenvalue weighted by molar-refractivity contribution is -0.267. The summed E-state index contributed by atoms with van der Waals surface area (Å²) in [6, 6.07) is -0.513. The number of hydrogen-bond acceptors (Lipinski definition) is 3. The topological polar surface area (TPSA) is 47.6 Å². The monoisotopic (exact) mass is 426 g/mol. The highest BCUT2D eigenvalue weighted by Crippen LogP contribution is 2.44. The molecule has 2 rings (SSSR count). The molecular weight excluding hydrogens is 412 g/mol. The van der Waals surface area contributed by atoms with Crippen molar-refractivity contribution < 1.29 is 18.0 Å². The van der Waals surface area contributed by atoms with E-state index in [9.17, 15) is 13.2 Å². The van der Waals surface area contributed by atoms with Crippen molar-refractivity contribution in [3.05, 3.63) is 58.7 Å². The van der Waals surface area contributed by atoms with Crippen molar-refractivity contribution in [2.24, 2.45) is 10.9 Å². The summed E-state index contributed by atoms with van der Waals surface area (Å²) in [5, 5.41) is 3.47. The second kappa shape index (κ2) is 8.21. The highest BCUT2D eigenvalue weighted by molar-refractivity contribution is 6.35. The van der Waals surface area contributed by atoms with Gasteiger partial charge in [-0.1, -0.05) is 65.3 Å². The van der Waals surface area contributed by atoms with Crippen LogP contribution in [0, 0.1) is 0 Å². The molecule has 0 saturated carbocycles. The van der Waals surface area contributed by atoms with Gasteiger partial charge in [0, 0.05) is 28.9 Å². The van der Waals surface area contributed by atoms with Gasteiger partial charge in [-0.2, -0.15) is 13.2 Å². The van der Waals surface area contributed by atoms with Gasteiger partial charge in [-0.15, -0.1) is 11.6 Å². The highest BCUT2D eigenvalue weighted by atomic mass is 35.5. The lowest BCUT2D eigenvalue weighted by Gasteiger charge is -2.28. The summed E-state index contributed by atoms with van der Waals surface area (Å²) in [5.74, 6) is 0. The molecule has 0 aromatic heterocycles. The summed E-state index contributed by atoms with van der Waals surface area (Å²) in [7, 11) is 0. The van der Waals surface area contributed by atoms with E-state index >= 15 is 0 Å². The van der Waals surface area contributed by atoms with Crippen LogP contribution < -0.4 is 5.73 Å². The van der Waals surface area contributed by atoms with Crippen molar-refractivity contribution in [3.8, 4) is 0 Å². The normalized spacial score (nSPS) is 30.0. The molecule has 0 saturated heterocycles. The first kappa shape index (κ1) is 21.1. The lowest BCUT2D eigenvalue weighted by atomic mass is 9.88. The number of nitrogens with two attached hydrogens (primary N) is 1. The maximum absolute atomic E-state index is 13.7. The van der Waals surface area contributed by atoms with E-state index in [0.29, 0.717) is 5.57 Å². The number of allylic oxidation sites excluding steroid dienone is 6. The number of nitrogens with zero attached hydrogens (tertiary/aromatic N) is 1. The van der Waals surface area contributed by atoms with Gasteiger partial charge >= 0.3 is 6.18 Å². The largest absolute Gasteiger partial charge is 0.431 e. The first-order valence-electron chi connectivity index (χ1n) is 7.55. The van der Waals surface area contributed by atoms with E-state index in [2.05, 4.69) is 11.7 Å². The Morgan fingerprint density at radius 3 is 2.69 bits per heavy atom. The van der Waals surface area contributed by atoms with Crippen molar-refractivity contribution in [3.63, 3.8) is 0 Å². The Hall–Kier alpha value is -1.21. The zero-order valence-electron chi connectivity index (χ0n) is 13.4. The Morgan fingerprint density at radius 2 is 2.12 bits per heavy atom. The van der Waals surface area contributed by atoms with Crippen molar-refractivity contribution in [2.75, 3.05) is 0 Å². The van der Waals surface area contributed by atoms with Crippen LogP contribution in [0.1, 0.15) is 12.8 Å². The summed E-state index contributed by atoms with van der Waals surface area (Å²) in [4.78, 5) is 4.85. The SMILES string of the molecule is C=C/C(Cl)=C\C(Cl)=C/CC1(C(F)(F)F)CC(C2=CC(N)C(Cl)C=C2)=NO1. The summed E-state index contributed by atoms with van der Waals surface area (Å²) >= 11 is 17.6. The van der Waals surface area contributed by atoms with Gasteiger partial charge in [0.2, 0.25) is 5.60 Å². The molecule has 0 fully saturated rings. The molecule has 26 heavy (non-hydrogen) atoms. The molecule has 0 radical (unpaired) electrons. The van der Waals surface area contributed by atoms with Crippen LogP contribution in [0.5, 0.6) is 0 Å². The Kier molecular flexibility index (Phi) is 6.66. The first-order chi connectivity index (χ1) is 12.1. The Balaban J connectivity index is 2.21. The van der Waals surface area contributed by atoms with Gasteiger partial charge in [-0.05, 0) is 11.6 Å². The van der Waals surface area contributed by atoms with Gasteiger partial charge < -0.3 is 10.6 Å². The molecule has 3 unspecified atom stereocenters. The maximum atomic E-state index is 13.7. The third-order valence-corrected chi connectivity index (χ3v) is 4.89. The van der Waals surface area contributed by atoms with Crippen LogP contribution >= 0.6 is 34.8 Å². The minimum Gasteiger partial charge on any atom is -0.378 e. The number of halogens is 6. The summed E-state index contributed by atoms with van der Waals surface area (Å²) in [6.07, 6.45) is 2.91. The average Bonchev–Trinajstić information content (AvgIpc) is 3.01. The minimum absolute atomic E-state index is 0.0411. The quantitative estimate of drug-likeness (QED) is 0.477. The van der Waals surface area contributed by atoms with Gasteiger partial charge in [0.25, 0.3) is 0 Å². The lowest BCUT2D eigenvalue weighted by Crippen LogP contribution is -2.45. The number of alkyl halides is 4. The molecule has 3 atom stereocenters.